The molecule has 2 fully saturated rings. The molecular formula is C17H26N2O3S. The molecule has 1 aromatic carbocycles. The lowest BCUT2D eigenvalue weighted by molar-refractivity contribution is -0.0390. The van der Waals surface area contributed by atoms with E-state index >= 15 is 0 Å². The van der Waals surface area contributed by atoms with Crippen molar-refractivity contribution in [1.29, 1.82) is 0 Å². The zero-order chi connectivity index (χ0) is 16.4. The van der Waals surface area contributed by atoms with Crippen molar-refractivity contribution in [2.45, 2.75) is 49.6 Å². The highest BCUT2D eigenvalue weighted by Gasteiger charge is 2.34. The highest BCUT2D eigenvalue weighted by atomic mass is 32.2. The lowest BCUT2D eigenvalue weighted by Gasteiger charge is -2.38. The van der Waals surface area contributed by atoms with Gasteiger partial charge in [-0.1, -0.05) is 12.1 Å². The van der Waals surface area contributed by atoms with Crippen LogP contribution in [0.5, 0.6) is 0 Å². The fourth-order valence-electron chi connectivity index (χ4n) is 3.60. The molecule has 3 rings (SSSR count). The van der Waals surface area contributed by atoms with Crippen molar-refractivity contribution in [1.82, 2.24) is 4.31 Å². The number of sulfonamides is 1. The van der Waals surface area contributed by atoms with Gasteiger partial charge in [0.25, 0.3) is 0 Å². The molecule has 2 N–H and O–H groups in total. The van der Waals surface area contributed by atoms with Gasteiger partial charge >= 0.3 is 0 Å². The van der Waals surface area contributed by atoms with Crippen molar-refractivity contribution in [3.63, 3.8) is 0 Å². The zero-order valence-electron chi connectivity index (χ0n) is 13.6. The maximum Gasteiger partial charge on any atom is 0.243 e. The van der Waals surface area contributed by atoms with Crippen LogP contribution in [0.3, 0.4) is 0 Å². The predicted octanol–water partition coefficient (Wildman–Crippen LogP) is 1.90. The molecule has 128 valence electrons. The number of nitrogens with two attached hydrogens (primary N) is 1. The molecule has 2 heterocycles. The Bertz CT molecular complexity index is 639. The Morgan fingerprint density at radius 1 is 1.22 bits per heavy atom. The lowest BCUT2D eigenvalue weighted by atomic mass is 9.87. The monoisotopic (exact) mass is 338 g/mol. The third kappa shape index (κ3) is 3.76. The fourth-order valence-corrected chi connectivity index (χ4v) is 5.17. The predicted molar refractivity (Wildman–Crippen MR) is 89.6 cm³/mol. The molecule has 2 atom stereocenters. The van der Waals surface area contributed by atoms with E-state index in [1.54, 1.807) is 22.5 Å². The average Bonchev–Trinajstić information content (AvgIpc) is 2.55. The second-order valence-corrected chi connectivity index (χ2v) is 8.69. The van der Waals surface area contributed by atoms with Crippen LogP contribution in [-0.2, 0) is 14.8 Å². The first kappa shape index (κ1) is 16.9. The molecule has 2 unspecified atom stereocenters. The van der Waals surface area contributed by atoms with Crippen molar-refractivity contribution >= 4 is 10.0 Å². The fraction of sp³-hybridized carbons (Fsp3) is 0.647. The van der Waals surface area contributed by atoms with Gasteiger partial charge in [0.15, 0.2) is 0 Å². The Kier molecular flexibility index (Phi) is 5.06. The van der Waals surface area contributed by atoms with Crippen LogP contribution in [0.15, 0.2) is 29.2 Å². The SMILES string of the molecule is Cc1cccc(S(=O)(=O)N2CCC(C3CC(N)CCO3)CC2)c1. The van der Waals surface area contributed by atoms with Gasteiger partial charge in [0.2, 0.25) is 10.0 Å². The van der Waals surface area contributed by atoms with E-state index in [0.29, 0.717) is 23.9 Å². The van der Waals surface area contributed by atoms with Crippen molar-refractivity contribution in [3.05, 3.63) is 29.8 Å². The number of aryl methyl sites for hydroxylation is 1. The number of piperidine rings is 1. The normalized spacial score (nSPS) is 27.9. The van der Waals surface area contributed by atoms with Crippen molar-refractivity contribution in [2.24, 2.45) is 11.7 Å². The highest BCUT2D eigenvalue weighted by Crippen LogP contribution is 2.30. The first-order valence-corrected chi connectivity index (χ1v) is 9.85. The van der Waals surface area contributed by atoms with Crippen molar-refractivity contribution in [2.75, 3.05) is 19.7 Å². The summed E-state index contributed by atoms with van der Waals surface area (Å²) >= 11 is 0. The maximum atomic E-state index is 12.7. The summed E-state index contributed by atoms with van der Waals surface area (Å²) in [5.41, 5.74) is 7.00. The number of rotatable bonds is 3. The van der Waals surface area contributed by atoms with Crippen LogP contribution in [0.4, 0.5) is 0 Å². The van der Waals surface area contributed by atoms with Crippen LogP contribution >= 0.6 is 0 Å². The average molecular weight is 338 g/mol. The van der Waals surface area contributed by atoms with E-state index < -0.39 is 10.0 Å². The van der Waals surface area contributed by atoms with Gasteiger partial charge in [-0.05, 0) is 56.2 Å². The minimum Gasteiger partial charge on any atom is -0.378 e. The number of nitrogens with zero attached hydrogens (tertiary/aromatic N) is 1. The Morgan fingerprint density at radius 3 is 2.61 bits per heavy atom. The summed E-state index contributed by atoms with van der Waals surface area (Å²) < 4.78 is 33.0. The minimum absolute atomic E-state index is 0.197. The number of ether oxygens (including phenoxy) is 1. The molecule has 0 saturated carbocycles. The first-order chi connectivity index (χ1) is 11.0. The van der Waals surface area contributed by atoms with Crippen LogP contribution in [0.25, 0.3) is 0 Å². The van der Waals surface area contributed by atoms with Crippen molar-refractivity contribution in [3.8, 4) is 0 Å². The lowest BCUT2D eigenvalue weighted by Crippen LogP contribution is -2.45. The quantitative estimate of drug-likeness (QED) is 0.914. The van der Waals surface area contributed by atoms with Gasteiger partial charge in [-0.2, -0.15) is 4.31 Å². The van der Waals surface area contributed by atoms with E-state index in [1.165, 1.54) is 0 Å². The second-order valence-electron chi connectivity index (χ2n) is 6.75. The van der Waals surface area contributed by atoms with E-state index in [-0.39, 0.29) is 12.1 Å². The van der Waals surface area contributed by atoms with Crippen LogP contribution in [-0.4, -0.2) is 44.6 Å². The minimum atomic E-state index is -3.38. The third-order valence-corrected chi connectivity index (χ3v) is 6.90. The molecule has 0 spiro atoms. The van der Waals surface area contributed by atoms with E-state index in [4.69, 9.17) is 10.5 Å². The first-order valence-electron chi connectivity index (χ1n) is 8.41. The molecule has 0 aliphatic carbocycles. The highest BCUT2D eigenvalue weighted by molar-refractivity contribution is 7.89. The van der Waals surface area contributed by atoms with Gasteiger partial charge < -0.3 is 10.5 Å². The number of hydrogen-bond donors (Lipinski definition) is 1. The Balaban J connectivity index is 1.64. The number of hydrogen-bond acceptors (Lipinski definition) is 4. The van der Waals surface area contributed by atoms with Gasteiger partial charge in [-0.15, -0.1) is 0 Å². The van der Waals surface area contributed by atoms with Crippen LogP contribution in [0, 0.1) is 12.8 Å². The van der Waals surface area contributed by atoms with E-state index in [9.17, 15) is 8.42 Å². The molecule has 5 nitrogen and oxygen atoms in total. The van der Waals surface area contributed by atoms with Gasteiger partial charge in [0.1, 0.15) is 0 Å². The molecule has 6 heteroatoms. The van der Waals surface area contributed by atoms with E-state index in [0.717, 1.165) is 37.9 Å². The standard InChI is InChI=1S/C17H26N2O3S/c1-13-3-2-4-16(11-13)23(20,21)19-8-5-14(6-9-19)17-12-15(18)7-10-22-17/h2-4,11,14-15,17H,5-10,12,18H2,1H3. The van der Waals surface area contributed by atoms with Gasteiger partial charge in [0.05, 0.1) is 11.0 Å². The number of benzene rings is 1. The smallest absolute Gasteiger partial charge is 0.243 e. The maximum absolute atomic E-state index is 12.7. The molecule has 2 aliphatic heterocycles. The second kappa shape index (κ2) is 6.89. The molecule has 0 radical (unpaired) electrons. The topological polar surface area (TPSA) is 72.6 Å². The summed E-state index contributed by atoms with van der Waals surface area (Å²) in [5.74, 6) is 0.422. The molecule has 0 aromatic heterocycles. The van der Waals surface area contributed by atoms with Gasteiger partial charge in [-0.3, -0.25) is 0 Å². The molecule has 23 heavy (non-hydrogen) atoms. The molecule has 2 aliphatic rings. The molecule has 0 amide bonds. The summed E-state index contributed by atoms with van der Waals surface area (Å²) in [6, 6.07) is 7.35. The zero-order valence-corrected chi connectivity index (χ0v) is 14.5. The summed E-state index contributed by atoms with van der Waals surface area (Å²) in [7, 11) is -3.38. The summed E-state index contributed by atoms with van der Waals surface area (Å²) in [5, 5.41) is 0. The van der Waals surface area contributed by atoms with Crippen LogP contribution in [0.1, 0.15) is 31.2 Å². The Hall–Kier alpha value is -0.950. The van der Waals surface area contributed by atoms with Crippen molar-refractivity contribution < 1.29 is 13.2 Å². The molecule has 0 bridgehead atoms. The summed E-state index contributed by atoms with van der Waals surface area (Å²) in [6.07, 6.45) is 3.72. The summed E-state index contributed by atoms with van der Waals surface area (Å²) in [4.78, 5) is 0.395. The van der Waals surface area contributed by atoms with Crippen LogP contribution < -0.4 is 5.73 Å². The van der Waals surface area contributed by atoms with Gasteiger partial charge in [-0.25, -0.2) is 8.42 Å². The molecule has 2 saturated heterocycles. The summed E-state index contributed by atoms with van der Waals surface area (Å²) in [6.45, 7) is 3.77. The third-order valence-electron chi connectivity index (χ3n) is 5.01. The van der Waals surface area contributed by atoms with Crippen LogP contribution in [0.2, 0.25) is 0 Å². The van der Waals surface area contributed by atoms with Gasteiger partial charge in [0, 0.05) is 25.7 Å². The van der Waals surface area contributed by atoms with E-state index in [1.807, 2.05) is 13.0 Å². The Labute approximate surface area is 138 Å². The largest absolute Gasteiger partial charge is 0.378 e. The Morgan fingerprint density at radius 2 is 1.96 bits per heavy atom. The molecule has 1 aromatic rings. The molecular weight excluding hydrogens is 312 g/mol. The van der Waals surface area contributed by atoms with E-state index in [2.05, 4.69) is 0 Å².